The van der Waals surface area contributed by atoms with Crippen LogP contribution >= 0.6 is 11.8 Å². The van der Waals surface area contributed by atoms with Crippen molar-refractivity contribution in [1.82, 2.24) is 4.90 Å². The molecule has 3 aliphatic rings. The fourth-order valence-electron chi connectivity index (χ4n) is 3.58. The molecule has 0 N–H and O–H groups in total. The van der Waals surface area contributed by atoms with Gasteiger partial charge in [-0.05, 0) is 0 Å². The number of Topliss-reactive ketones (excluding diaryl/α,β-unsaturated/α-hetero) is 2. The number of fused-ring (bicyclic) bond motifs is 2. The second kappa shape index (κ2) is 5.90. The quantitative estimate of drug-likeness (QED) is 0.611. The Labute approximate surface area is 145 Å². The maximum atomic E-state index is 12.4. The summed E-state index contributed by atoms with van der Waals surface area (Å²) in [5.74, 6) is 0.503. The van der Waals surface area contributed by atoms with Crippen molar-refractivity contribution in [3.63, 3.8) is 0 Å². The Morgan fingerprint density at radius 2 is 1.88 bits per heavy atom. The van der Waals surface area contributed by atoms with E-state index in [1.807, 2.05) is 18.2 Å². The number of benzene rings is 1. The van der Waals surface area contributed by atoms with E-state index in [1.165, 1.54) is 11.8 Å². The van der Waals surface area contributed by atoms with Crippen LogP contribution in [-0.2, 0) is 9.53 Å². The fraction of sp³-hybridized carbons (Fsp3) is 0.368. The standard InChI is InChI=1S/C19H19NO3S/c1-2-9-20-10-7-19(8-11-20)12-24-18-16(22)15(21)13-5-3-4-6-14(13)17(18)23-19/h2-6H,1,7-12H2. The summed E-state index contributed by atoms with van der Waals surface area (Å²) in [7, 11) is 0. The van der Waals surface area contributed by atoms with Crippen LogP contribution < -0.4 is 0 Å². The first-order chi connectivity index (χ1) is 11.6. The molecule has 124 valence electrons. The number of rotatable bonds is 2. The van der Waals surface area contributed by atoms with Crippen LogP contribution in [0.15, 0.2) is 41.8 Å². The molecule has 0 bridgehead atoms. The number of allylic oxidation sites excluding steroid dienone is 1. The van der Waals surface area contributed by atoms with Crippen molar-refractivity contribution in [3.05, 3.63) is 53.0 Å². The average Bonchev–Trinajstić information content (AvgIpc) is 2.62. The summed E-state index contributed by atoms with van der Waals surface area (Å²) in [5.41, 5.74) is 0.981. The molecule has 1 spiro atoms. The van der Waals surface area contributed by atoms with E-state index in [9.17, 15) is 9.59 Å². The monoisotopic (exact) mass is 341 g/mol. The van der Waals surface area contributed by atoms with Gasteiger partial charge in [-0.1, -0.05) is 30.3 Å². The second-order valence-electron chi connectivity index (χ2n) is 6.53. The zero-order chi connectivity index (χ0) is 16.7. The number of piperidine rings is 1. The Bertz CT molecular complexity index is 760. The summed E-state index contributed by atoms with van der Waals surface area (Å²) in [6, 6.07) is 7.26. The van der Waals surface area contributed by atoms with Crippen LogP contribution in [0.2, 0.25) is 0 Å². The van der Waals surface area contributed by atoms with Gasteiger partial charge >= 0.3 is 0 Å². The number of hydrogen-bond acceptors (Lipinski definition) is 5. The Hall–Kier alpha value is -1.85. The Morgan fingerprint density at radius 3 is 2.58 bits per heavy atom. The summed E-state index contributed by atoms with van der Waals surface area (Å²) in [5, 5.41) is 0. The number of thioether (sulfide) groups is 1. The molecule has 0 atom stereocenters. The molecule has 1 aromatic carbocycles. The van der Waals surface area contributed by atoms with E-state index in [4.69, 9.17) is 4.74 Å². The Kier molecular flexibility index (Phi) is 3.85. The van der Waals surface area contributed by atoms with Crippen molar-refractivity contribution >= 4 is 29.1 Å². The molecule has 0 radical (unpaired) electrons. The van der Waals surface area contributed by atoms with E-state index in [-0.39, 0.29) is 5.60 Å². The molecule has 5 heteroatoms. The van der Waals surface area contributed by atoms with E-state index in [0.29, 0.717) is 16.2 Å². The molecule has 2 aliphatic heterocycles. The SMILES string of the molecule is C=CCN1CCC2(CC1)CSC1=C(O2)c2ccccc2C(=O)C1=O. The first-order valence-electron chi connectivity index (χ1n) is 8.21. The average molecular weight is 341 g/mol. The van der Waals surface area contributed by atoms with Gasteiger partial charge in [0.05, 0.1) is 0 Å². The molecule has 1 fully saturated rings. The first kappa shape index (κ1) is 15.7. The van der Waals surface area contributed by atoms with E-state index in [2.05, 4.69) is 11.5 Å². The maximum Gasteiger partial charge on any atom is 0.243 e. The number of ether oxygens (including phenoxy) is 1. The lowest BCUT2D eigenvalue weighted by atomic mass is 9.90. The molecule has 1 aromatic rings. The van der Waals surface area contributed by atoms with Crippen molar-refractivity contribution in [1.29, 1.82) is 0 Å². The van der Waals surface area contributed by atoms with Crippen molar-refractivity contribution < 1.29 is 14.3 Å². The highest BCUT2D eigenvalue weighted by Crippen LogP contribution is 2.47. The number of nitrogens with zero attached hydrogens (tertiary/aromatic N) is 1. The minimum absolute atomic E-state index is 0.241. The van der Waals surface area contributed by atoms with Crippen LogP contribution in [0, 0.1) is 0 Å². The number of carbonyl (C=O) groups excluding carboxylic acids is 2. The largest absolute Gasteiger partial charge is 0.484 e. The molecule has 0 saturated carbocycles. The molecule has 0 aromatic heterocycles. The maximum absolute atomic E-state index is 12.4. The van der Waals surface area contributed by atoms with Crippen molar-refractivity contribution in [2.75, 3.05) is 25.4 Å². The van der Waals surface area contributed by atoms with E-state index >= 15 is 0 Å². The highest BCUT2D eigenvalue weighted by Gasteiger charge is 2.45. The highest BCUT2D eigenvalue weighted by molar-refractivity contribution is 8.04. The molecule has 4 nitrogen and oxygen atoms in total. The third kappa shape index (κ3) is 2.43. The fourth-order valence-corrected chi connectivity index (χ4v) is 4.85. The zero-order valence-electron chi connectivity index (χ0n) is 13.4. The lowest BCUT2D eigenvalue weighted by Crippen LogP contribution is -2.49. The van der Waals surface area contributed by atoms with Crippen molar-refractivity contribution in [2.24, 2.45) is 0 Å². The summed E-state index contributed by atoms with van der Waals surface area (Å²) in [4.78, 5) is 27.5. The van der Waals surface area contributed by atoms with Gasteiger partial charge < -0.3 is 4.74 Å². The van der Waals surface area contributed by atoms with Crippen LogP contribution in [-0.4, -0.2) is 47.5 Å². The van der Waals surface area contributed by atoms with E-state index in [1.54, 1.807) is 12.1 Å². The molecule has 0 amide bonds. The van der Waals surface area contributed by atoms with Gasteiger partial charge in [0, 0.05) is 49.4 Å². The van der Waals surface area contributed by atoms with Crippen molar-refractivity contribution in [2.45, 2.75) is 18.4 Å². The summed E-state index contributed by atoms with van der Waals surface area (Å²) >= 11 is 1.49. The molecule has 24 heavy (non-hydrogen) atoms. The minimum atomic E-state index is -0.423. The topological polar surface area (TPSA) is 46.6 Å². The van der Waals surface area contributed by atoms with E-state index in [0.717, 1.165) is 43.8 Å². The van der Waals surface area contributed by atoms with E-state index < -0.39 is 11.6 Å². The van der Waals surface area contributed by atoms with Gasteiger partial charge in [-0.25, -0.2) is 0 Å². The van der Waals surface area contributed by atoms with Gasteiger partial charge in [0.15, 0.2) is 0 Å². The van der Waals surface area contributed by atoms with Gasteiger partial charge in [-0.15, -0.1) is 18.3 Å². The van der Waals surface area contributed by atoms with Gasteiger partial charge in [-0.2, -0.15) is 0 Å². The number of carbonyl (C=O) groups is 2. The Morgan fingerprint density at radius 1 is 1.17 bits per heavy atom. The number of likely N-dealkylation sites (tertiary alicyclic amines) is 1. The predicted molar refractivity (Wildman–Crippen MR) is 94.8 cm³/mol. The van der Waals surface area contributed by atoms with Gasteiger partial charge in [0.25, 0.3) is 0 Å². The molecular formula is C19H19NO3S. The molecule has 2 heterocycles. The first-order valence-corrected chi connectivity index (χ1v) is 9.20. The van der Waals surface area contributed by atoms with Crippen LogP contribution in [0.5, 0.6) is 0 Å². The summed E-state index contributed by atoms with van der Waals surface area (Å²) < 4.78 is 6.42. The lowest BCUT2D eigenvalue weighted by molar-refractivity contribution is -0.111. The highest BCUT2D eigenvalue weighted by atomic mass is 32.2. The van der Waals surface area contributed by atoms with Crippen LogP contribution in [0.25, 0.3) is 5.76 Å². The van der Waals surface area contributed by atoms with Crippen LogP contribution in [0.1, 0.15) is 28.8 Å². The van der Waals surface area contributed by atoms with Gasteiger partial charge in [0.2, 0.25) is 11.6 Å². The smallest absolute Gasteiger partial charge is 0.243 e. The van der Waals surface area contributed by atoms with Gasteiger partial charge in [0.1, 0.15) is 16.3 Å². The third-order valence-corrected chi connectivity index (χ3v) is 6.32. The molecule has 0 unspecified atom stereocenters. The minimum Gasteiger partial charge on any atom is -0.484 e. The van der Waals surface area contributed by atoms with Gasteiger partial charge in [-0.3, -0.25) is 14.5 Å². The summed E-state index contributed by atoms with van der Waals surface area (Å²) in [6.07, 6.45) is 3.78. The normalized spacial score (nSPS) is 22.8. The molecular weight excluding hydrogens is 322 g/mol. The lowest BCUT2D eigenvalue weighted by Gasteiger charge is -2.45. The predicted octanol–water partition coefficient (Wildman–Crippen LogP) is 2.90. The number of ketones is 2. The molecule has 4 rings (SSSR count). The van der Waals surface area contributed by atoms with Crippen LogP contribution in [0.4, 0.5) is 0 Å². The Balaban J connectivity index is 1.65. The molecule has 1 saturated heterocycles. The third-order valence-electron chi connectivity index (χ3n) is 4.99. The van der Waals surface area contributed by atoms with Crippen LogP contribution in [0.3, 0.4) is 0 Å². The molecule has 1 aliphatic carbocycles. The summed E-state index contributed by atoms with van der Waals surface area (Å²) in [6.45, 7) is 6.62. The number of hydrogen-bond donors (Lipinski definition) is 0. The zero-order valence-corrected chi connectivity index (χ0v) is 14.2. The second-order valence-corrected chi connectivity index (χ2v) is 7.51. The van der Waals surface area contributed by atoms with Crippen molar-refractivity contribution in [3.8, 4) is 0 Å².